The standard InChI is InChI=1S/C26H36FN3O4S/c1-6-8-16-28-26(32)23(7-2)29(17-21-12-14-22(27)15-13-21)25(31)18-30(35(5,33)34)24-11-9-10-19(3)20(24)4/h9-15,23H,6-8,16-18H2,1-5H3,(H,28,32)/t23-/m1/s1. The number of hydrogen-bond donors (Lipinski definition) is 1. The molecule has 0 fully saturated rings. The molecule has 0 unspecified atom stereocenters. The number of anilines is 1. The van der Waals surface area contributed by atoms with E-state index in [9.17, 15) is 22.4 Å². The number of hydrogen-bond acceptors (Lipinski definition) is 4. The number of carbonyl (C=O) groups excluding carboxylic acids is 2. The van der Waals surface area contributed by atoms with Gasteiger partial charge in [-0.25, -0.2) is 12.8 Å². The molecule has 0 saturated carbocycles. The minimum absolute atomic E-state index is 0.0449. The monoisotopic (exact) mass is 505 g/mol. The number of amides is 2. The van der Waals surface area contributed by atoms with Gasteiger partial charge in [0.2, 0.25) is 21.8 Å². The summed E-state index contributed by atoms with van der Waals surface area (Å²) in [6.07, 6.45) is 3.12. The van der Waals surface area contributed by atoms with Gasteiger partial charge in [-0.2, -0.15) is 0 Å². The number of aryl methyl sites for hydroxylation is 1. The molecular weight excluding hydrogens is 469 g/mol. The lowest BCUT2D eigenvalue weighted by Gasteiger charge is -2.33. The third-order valence-electron chi connectivity index (χ3n) is 6.01. The summed E-state index contributed by atoms with van der Waals surface area (Å²) in [5.41, 5.74) is 2.70. The van der Waals surface area contributed by atoms with Gasteiger partial charge in [0, 0.05) is 13.1 Å². The first-order valence-electron chi connectivity index (χ1n) is 11.8. The molecule has 0 aromatic heterocycles. The second-order valence-electron chi connectivity index (χ2n) is 8.71. The average Bonchev–Trinajstić information content (AvgIpc) is 2.80. The molecule has 0 aliphatic carbocycles. The van der Waals surface area contributed by atoms with Crippen molar-refractivity contribution < 1.29 is 22.4 Å². The van der Waals surface area contributed by atoms with Gasteiger partial charge in [0.05, 0.1) is 11.9 Å². The maximum absolute atomic E-state index is 13.6. The largest absolute Gasteiger partial charge is 0.354 e. The minimum Gasteiger partial charge on any atom is -0.354 e. The van der Waals surface area contributed by atoms with Gasteiger partial charge < -0.3 is 10.2 Å². The van der Waals surface area contributed by atoms with Crippen molar-refractivity contribution in [1.29, 1.82) is 0 Å². The molecule has 1 atom stereocenters. The van der Waals surface area contributed by atoms with Crippen LogP contribution in [0.4, 0.5) is 10.1 Å². The molecular formula is C26H36FN3O4S. The van der Waals surface area contributed by atoms with Crippen LogP contribution in [0.15, 0.2) is 42.5 Å². The van der Waals surface area contributed by atoms with Crippen molar-refractivity contribution in [2.45, 2.75) is 59.5 Å². The highest BCUT2D eigenvalue weighted by Crippen LogP contribution is 2.25. The van der Waals surface area contributed by atoms with Crippen molar-refractivity contribution in [1.82, 2.24) is 10.2 Å². The fourth-order valence-electron chi connectivity index (χ4n) is 3.81. The van der Waals surface area contributed by atoms with Gasteiger partial charge in [-0.05, 0) is 61.6 Å². The lowest BCUT2D eigenvalue weighted by atomic mass is 10.1. The van der Waals surface area contributed by atoms with Gasteiger partial charge in [-0.1, -0.05) is 44.5 Å². The number of sulfonamides is 1. The fourth-order valence-corrected chi connectivity index (χ4v) is 4.71. The maximum Gasteiger partial charge on any atom is 0.244 e. The average molecular weight is 506 g/mol. The van der Waals surface area contributed by atoms with Gasteiger partial charge in [0.25, 0.3) is 0 Å². The van der Waals surface area contributed by atoms with E-state index in [0.717, 1.165) is 34.5 Å². The number of carbonyl (C=O) groups is 2. The van der Waals surface area contributed by atoms with Crippen molar-refractivity contribution in [3.8, 4) is 0 Å². The Morgan fingerprint density at radius 3 is 2.29 bits per heavy atom. The number of unbranched alkanes of at least 4 members (excludes halogenated alkanes) is 1. The Hall–Kier alpha value is -2.94. The summed E-state index contributed by atoms with van der Waals surface area (Å²) in [6, 6.07) is 10.2. The van der Waals surface area contributed by atoms with E-state index in [1.54, 1.807) is 38.1 Å². The van der Waals surface area contributed by atoms with Gasteiger partial charge in [-0.15, -0.1) is 0 Å². The highest BCUT2D eigenvalue weighted by Gasteiger charge is 2.32. The summed E-state index contributed by atoms with van der Waals surface area (Å²) in [5, 5.41) is 2.87. The van der Waals surface area contributed by atoms with Crippen LogP contribution in [-0.4, -0.2) is 50.5 Å². The Kier molecular flexibility index (Phi) is 10.2. The van der Waals surface area contributed by atoms with Crippen LogP contribution >= 0.6 is 0 Å². The molecule has 0 radical (unpaired) electrons. The van der Waals surface area contributed by atoms with Crippen LogP contribution in [0.1, 0.15) is 49.8 Å². The van der Waals surface area contributed by atoms with Crippen LogP contribution in [-0.2, 0) is 26.2 Å². The minimum atomic E-state index is -3.80. The lowest BCUT2D eigenvalue weighted by Crippen LogP contribution is -2.52. The Morgan fingerprint density at radius 2 is 1.71 bits per heavy atom. The molecule has 0 saturated heterocycles. The molecule has 0 bridgehead atoms. The first kappa shape index (κ1) is 28.3. The van der Waals surface area contributed by atoms with Crippen LogP contribution in [0, 0.1) is 19.7 Å². The lowest BCUT2D eigenvalue weighted by molar-refractivity contribution is -0.140. The SMILES string of the molecule is CCCCNC(=O)[C@@H](CC)N(Cc1ccc(F)cc1)C(=O)CN(c1cccc(C)c1C)S(C)(=O)=O. The van der Waals surface area contributed by atoms with Crippen molar-refractivity contribution >= 4 is 27.5 Å². The van der Waals surface area contributed by atoms with Crippen LogP contribution in [0.2, 0.25) is 0 Å². The molecule has 0 aliphatic rings. The molecule has 2 amide bonds. The summed E-state index contributed by atoms with van der Waals surface area (Å²) >= 11 is 0. The van der Waals surface area contributed by atoms with Crippen molar-refractivity contribution in [2.24, 2.45) is 0 Å². The fraction of sp³-hybridized carbons (Fsp3) is 0.462. The molecule has 2 aromatic carbocycles. The molecule has 9 heteroatoms. The molecule has 7 nitrogen and oxygen atoms in total. The zero-order chi connectivity index (χ0) is 26.2. The topological polar surface area (TPSA) is 86.8 Å². The van der Waals surface area contributed by atoms with Gasteiger partial charge in [-0.3, -0.25) is 13.9 Å². The zero-order valence-corrected chi connectivity index (χ0v) is 22.0. The normalized spacial score (nSPS) is 12.2. The van der Waals surface area contributed by atoms with Gasteiger partial charge >= 0.3 is 0 Å². The summed E-state index contributed by atoms with van der Waals surface area (Å²) in [6.45, 7) is 7.57. The summed E-state index contributed by atoms with van der Waals surface area (Å²) in [7, 11) is -3.80. The first-order valence-corrected chi connectivity index (χ1v) is 13.7. The number of nitrogens with one attached hydrogen (secondary N) is 1. The molecule has 0 heterocycles. The molecule has 2 rings (SSSR count). The quantitative estimate of drug-likeness (QED) is 0.443. The molecule has 0 spiro atoms. The van der Waals surface area contributed by atoms with Crippen LogP contribution < -0.4 is 9.62 Å². The summed E-state index contributed by atoms with van der Waals surface area (Å²) in [4.78, 5) is 28.0. The van der Waals surface area contributed by atoms with Crippen LogP contribution in [0.25, 0.3) is 0 Å². The van der Waals surface area contributed by atoms with E-state index >= 15 is 0 Å². The third-order valence-corrected chi connectivity index (χ3v) is 7.13. The van der Waals surface area contributed by atoms with E-state index in [-0.39, 0.29) is 12.5 Å². The zero-order valence-electron chi connectivity index (χ0n) is 21.2. The van der Waals surface area contributed by atoms with Crippen molar-refractivity contribution in [3.05, 3.63) is 65.0 Å². The molecule has 0 aliphatic heterocycles. The second kappa shape index (κ2) is 12.7. The van der Waals surface area contributed by atoms with Crippen molar-refractivity contribution in [3.63, 3.8) is 0 Å². The van der Waals surface area contributed by atoms with Crippen LogP contribution in [0.5, 0.6) is 0 Å². The van der Waals surface area contributed by atoms with Crippen LogP contribution in [0.3, 0.4) is 0 Å². The number of rotatable bonds is 12. The second-order valence-corrected chi connectivity index (χ2v) is 10.6. The Balaban J connectivity index is 2.43. The van der Waals surface area contributed by atoms with E-state index in [2.05, 4.69) is 5.32 Å². The summed E-state index contributed by atoms with van der Waals surface area (Å²) in [5.74, 6) is -1.22. The maximum atomic E-state index is 13.6. The van der Waals surface area contributed by atoms with E-state index in [1.807, 2.05) is 19.9 Å². The predicted molar refractivity (Wildman–Crippen MR) is 137 cm³/mol. The highest BCUT2D eigenvalue weighted by atomic mass is 32.2. The summed E-state index contributed by atoms with van der Waals surface area (Å²) < 4.78 is 40.0. The predicted octanol–water partition coefficient (Wildman–Crippen LogP) is 3.93. The smallest absolute Gasteiger partial charge is 0.244 e. The molecule has 1 N–H and O–H groups in total. The van der Waals surface area contributed by atoms with Gasteiger partial charge in [0.15, 0.2) is 0 Å². The number of nitrogens with zero attached hydrogens (tertiary/aromatic N) is 2. The molecule has 35 heavy (non-hydrogen) atoms. The van der Waals surface area contributed by atoms with E-state index < -0.39 is 34.3 Å². The van der Waals surface area contributed by atoms with E-state index in [0.29, 0.717) is 24.2 Å². The van der Waals surface area contributed by atoms with E-state index in [4.69, 9.17) is 0 Å². The first-order chi connectivity index (χ1) is 16.5. The number of benzene rings is 2. The van der Waals surface area contributed by atoms with Gasteiger partial charge in [0.1, 0.15) is 18.4 Å². The van der Waals surface area contributed by atoms with Crippen molar-refractivity contribution in [2.75, 3.05) is 23.7 Å². The Bertz CT molecular complexity index is 1120. The number of halogens is 1. The highest BCUT2D eigenvalue weighted by molar-refractivity contribution is 7.92. The van der Waals surface area contributed by atoms with E-state index in [1.165, 1.54) is 17.0 Å². The third kappa shape index (κ3) is 7.78. The Morgan fingerprint density at radius 1 is 1.06 bits per heavy atom. The molecule has 2 aromatic rings. The molecule has 192 valence electrons. The Labute approximate surface area is 208 Å².